The fourth-order valence-corrected chi connectivity index (χ4v) is 2.67. The number of pyridine rings is 1. The van der Waals surface area contributed by atoms with Crippen molar-refractivity contribution in [2.75, 3.05) is 5.73 Å². The minimum absolute atomic E-state index is 0.162. The Balaban J connectivity index is 2.15. The lowest BCUT2D eigenvalue weighted by molar-refractivity contribution is 0.0940. The van der Waals surface area contributed by atoms with Gasteiger partial charge in [0.05, 0.1) is 11.6 Å². The SMILES string of the molecule is Cc1csc(C(C)NC(=O)c2cc(Br)cnc2N)n1. The third-order valence-electron chi connectivity index (χ3n) is 2.48. The molecule has 0 aliphatic rings. The quantitative estimate of drug-likeness (QED) is 0.899. The molecule has 7 heteroatoms. The summed E-state index contributed by atoms with van der Waals surface area (Å²) in [6, 6.07) is 1.49. The average Bonchev–Trinajstić information content (AvgIpc) is 2.79. The number of rotatable bonds is 3. The Morgan fingerprint density at radius 2 is 2.32 bits per heavy atom. The van der Waals surface area contributed by atoms with Crippen LogP contribution in [0.3, 0.4) is 0 Å². The van der Waals surface area contributed by atoms with Gasteiger partial charge in [-0.05, 0) is 35.8 Å². The first-order valence-electron chi connectivity index (χ1n) is 5.61. The van der Waals surface area contributed by atoms with E-state index in [1.165, 1.54) is 11.3 Å². The zero-order valence-electron chi connectivity index (χ0n) is 10.5. The molecule has 0 spiro atoms. The van der Waals surface area contributed by atoms with Crippen LogP contribution in [0.15, 0.2) is 22.1 Å². The van der Waals surface area contributed by atoms with Gasteiger partial charge < -0.3 is 11.1 Å². The predicted molar refractivity (Wildman–Crippen MR) is 79.1 cm³/mol. The number of nitrogens with zero attached hydrogens (tertiary/aromatic N) is 2. The first kappa shape index (κ1) is 14.0. The van der Waals surface area contributed by atoms with Gasteiger partial charge in [0.1, 0.15) is 10.8 Å². The van der Waals surface area contributed by atoms with E-state index in [2.05, 4.69) is 31.2 Å². The normalized spacial score (nSPS) is 12.2. The molecular formula is C12H13BrN4OS. The van der Waals surface area contributed by atoms with E-state index in [0.717, 1.165) is 10.7 Å². The molecule has 19 heavy (non-hydrogen) atoms. The highest BCUT2D eigenvalue weighted by molar-refractivity contribution is 9.10. The third kappa shape index (κ3) is 3.30. The van der Waals surface area contributed by atoms with Crippen LogP contribution in [0.2, 0.25) is 0 Å². The molecule has 2 aromatic heterocycles. The first-order chi connectivity index (χ1) is 8.97. The number of carbonyl (C=O) groups excluding carboxylic acids is 1. The Morgan fingerprint density at radius 3 is 2.95 bits per heavy atom. The number of anilines is 1. The molecule has 1 unspecified atom stereocenters. The van der Waals surface area contributed by atoms with Crippen molar-refractivity contribution in [3.8, 4) is 0 Å². The summed E-state index contributed by atoms with van der Waals surface area (Å²) in [6.07, 6.45) is 1.56. The van der Waals surface area contributed by atoms with Crippen molar-refractivity contribution >= 4 is 39.0 Å². The molecule has 0 aliphatic heterocycles. The Kier molecular flexibility index (Phi) is 4.16. The van der Waals surface area contributed by atoms with Gasteiger partial charge >= 0.3 is 0 Å². The summed E-state index contributed by atoms with van der Waals surface area (Å²) in [6.45, 7) is 3.81. The van der Waals surface area contributed by atoms with Gasteiger partial charge in [-0.3, -0.25) is 4.79 Å². The number of amides is 1. The lowest BCUT2D eigenvalue weighted by Gasteiger charge is -2.12. The largest absolute Gasteiger partial charge is 0.383 e. The summed E-state index contributed by atoms with van der Waals surface area (Å²) >= 11 is 4.79. The van der Waals surface area contributed by atoms with Crippen LogP contribution in [0.4, 0.5) is 5.82 Å². The Labute approximate surface area is 123 Å². The fourth-order valence-electron chi connectivity index (χ4n) is 1.54. The molecule has 0 bridgehead atoms. The van der Waals surface area contributed by atoms with Crippen LogP contribution in [0.5, 0.6) is 0 Å². The maximum absolute atomic E-state index is 12.1. The molecule has 2 heterocycles. The van der Waals surface area contributed by atoms with Gasteiger partial charge in [-0.25, -0.2) is 9.97 Å². The van der Waals surface area contributed by atoms with Crippen molar-refractivity contribution in [1.82, 2.24) is 15.3 Å². The zero-order chi connectivity index (χ0) is 14.0. The number of nitrogen functional groups attached to an aromatic ring is 1. The van der Waals surface area contributed by atoms with E-state index >= 15 is 0 Å². The van der Waals surface area contributed by atoms with Crippen LogP contribution < -0.4 is 11.1 Å². The number of hydrogen-bond acceptors (Lipinski definition) is 5. The monoisotopic (exact) mass is 340 g/mol. The molecule has 0 saturated heterocycles. The highest BCUT2D eigenvalue weighted by Crippen LogP contribution is 2.20. The van der Waals surface area contributed by atoms with E-state index in [1.807, 2.05) is 19.2 Å². The first-order valence-corrected chi connectivity index (χ1v) is 7.28. The van der Waals surface area contributed by atoms with Gasteiger partial charge in [-0.15, -0.1) is 11.3 Å². The van der Waals surface area contributed by atoms with Crippen molar-refractivity contribution in [2.24, 2.45) is 0 Å². The van der Waals surface area contributed by atoms with Crippen molar-refractivity contribution in [2.45, 2.75) is 19.9 Å². The van der Waals surface area contributed by atoms with E-state index < -0.39 is 0 Å². The maximum atomic E-state index is 12.1. The number of hydrogen-bond donors (Lipinski definition) is 2. The second kappa shape index (κ2) is 5.66. The number of aromatic nitrogens is 2. The Hall–Kier alpha value is -1.47. The number of aryl methyl sites for hydroxylation is 1. The summed E-state index contributed by atoms with van der Waals surface area (Å²) in [5.74, 6) is -0.0464. The van der Waals surface area contributed by atoms with Gasteiger partial charge in [-0.2, -0.15) is 0 Å². The number of thiazole rings is 1. The molecule has 0 aromatic carbocycles. The highest BCUT2D eigenvalue weighted by Gasteiger charge is 2.16. The molecule has 1 amide bonds. The fraction of sp³-hybridized carbons (Fsp3) is 0.250. The van der Waals surface area contributed by atoms with Gasteiger partial charge in [0.15, 0.2) is 0 Å². The van der Waals surface area contributed by atoms with Crippen molar-refractivity contribution < 1.29 is 4.79 Å². The van der Waals surface area contributed by atoms with Crippen LogP contribution >= 0.6 is 27.3 Å². The molecule has 2 aromatic rings. The average molecular weight is 341 g/mol. The summed E-state index contributed by atoms with van der Waals surface area (Å²) in [5, 5.41) is 5.68. The second-order valence-electron chi connectivity index (χ2n) is 4.11. The molecule has 0 aliphatic carbocycles. The number of nitrogens with one attached hydrogen (secondary N) is 1. The van der Waals surface area contributed by atoms with Crippen LogP contribution in [0.1, 0.15) is 34.0 Å². The van der Waals surface area contributed by atoms with Crippen LogP contribution in [0, 0.1) is 6.92 Å². The lowest BCUT2D eigenvalue weighted by Crippen LogP contribution is -2.27. The summed E-state index contributed by atoms with van der Waals surface area (Å²) in [5.41, 5.74) is 7.01. The molecule has 3 N–H and O–H groups in total. The van der Waals surface area contributed by atoms with Crippen molar-refractivity contribution in [3.05, 3.63) is 38.4 Å². The topological polar surface area (TPSA) is 80.9 Å². The smallest absolute Gasteiger partial charge is 0.255 e. The Morgan fingerprint density at radius 1 is 1.58 bits per heavy atom. The van der Waals surface area contributed by atoms with Crippen molar-refractivity contribution in [1.29, 1.82) is 0 Å². The van der Waals surface area contributed by atoms with Crippen LogP contribution in [-0.2, 0) is 0 Å². The van der Waals surface area contributed by atoms with E-state index in [1.54, 1.807) is 12.3 Å². The molecule has 100 valence electrons. The van der Waals surface area contributed by atoms with Gasteiger partial charge in [0.25, 0.3) is 5.91 Å². The van der Waals surface area contributed by atoms with Crippen molar-refractivity contribution in [3.63, 3.8) is 0 Å². The molecule has 0 saturated carbocycles. The number of nitrogens with two attached hydrogens (primary N) is 1. The second-order valence-corrected chi connectivity index (χ2v) is 5.91. The molecule has 0 radical (unpaired) electrons. The van der Waals surface area contributed by atoms with Gasteiger partial charge in [0, 0.05) is 21.7 Å². The van der Waals surface area contributed by atoms with E-state index in [4.69, 9.17) is 5.73 Å². The maximum Gasteiger partial charge on any atom is 0.255 e. The van der Waals surface area contributed by atoms with Crippen LogP contribution in [-0.4, -0.2) is 15.9 Å². The molecule has 1 atom stereocenters. The minimum atomic E-state index is -0.258. The van der Waals surface area contributed by atoms with E-state index in [-0.39, 0.29) is 17.8 Å². The molecule has 0 fully saturated rings. The number of carbonyl (C=O) groups is 1. The van der Waals surface area contributed by atoms with Gasteiger partial charge in [0.2, 0.25) is 0 Å². The lowest BCUT2D eigenvalue weighted by atomic mass is 10.2. The molecule has 2 rings (SSSR count). The van der Waals surface area contributed by atoms with E-state index in [0.29, 0.717) is 10.0 Å². The standard InChI is InChI=1S/C12H13BrN4OS/c1-6-5-19-12(16-6)7(2)17-11(18)9-3-8(13)4-15-10(9)14/h3-5,7H,1-2H3,(H2,14,15)(H,17,18). The predicted octanol–water partition coefficient (Wildman–Crippen LogP) is 2.68. The minimum Gasteiger partial charge on any atom is -0.383 e. The van der Waals surface area contributed by atoms with E-state index in [9.17, 15) is 4.79 Å². The summed E-state index contributed by atoms with van der Waals surface area (Å²) in [7, 11) is 0. The number of halogens is 1. The summed E-state index contributed by atoms with van der Waals surface area (Å²) in [4.78, 5) is 20.4. The molecule has 5 nitrogen and oxygen atoms in total. The Bertz CT molecular complexity index is 614. The third-order valence-corrected chi connectivity index (χ3v) is 4.06. The van der Waals surface area contributed by atoms with Gasteiger partial charge in [-0.1, -0.05) is 0 Å². The zero-order valence-corrected chi connectivity index (χ0v) is 12.9. The highest BCUT2D eigenvalue weighted by atomic mass is 79.9. The molecular weight excluding hydrogens is 328 g/mol. The van der Waals surface area contributed by atoms with Crippen LogP contribution in [0.25, 0.3) is 0 Å². The summed E-state index contributed by atoms with van der Waals surface area (Å²) < 4.78 is 0.713.